The quantitative estimate of drug-likeness (QED) is 0.426. The first kappa shape index (κ1) is 20.4. The summed E-state index contributed by atoms with van der Waals surface area (Å²) in [5, 5.41) is 2.84. The SMILES string of the molecule is C=CC1c2ccccc2-c2cccc(CCC3=c4ccccc4=C4C=CC=CC43)c21.[Zr]. The van der Waals surface area contributed by atoms with E-state index in [4.69, 9.17) is 0 Å². The van der Waals surface area contributed by atoms with Crippen molar-refractivity contribution in [2.24, 2.45) is 5.92 Å². The normalized spacial score (nSPS) is 19.4. The van der Waals surface area contributed by atoms with Gasteiger partial charge in [0.15, 0.2) is 0 Å². The molecule has 0 heterocycles. The Morgan fingerprint density at radius 1 is 0.774 bits per heavy atom. The third-order valence-corrected chi connectivity index (χ3v) is 6.98. The van der Waals surface area contributed by atoms with Gasteiger partial charge in [0.25, 0.3) is 0 Å². The van der Waals surface area contributed by atoms with Crippen LogP contribution in [0.2, 0.25) is 0 Å². The molecule has 3 aromatic rings. The van der Waals surface area contributed by atoms with Crippen LogP contribution in [-0.2, 0) is 32.6 Å². The third kappa shape index (κ3) is 3.14. The first-order chi connectivity index (χ1) is 14.9. The van der Waals surface area contributed by atoms with Crippen molar-refractivity contribution in [2.75, 3.05) is 0 Å². The Morgan fingerprint density at radius 2 is 1.55 bits per heavy atom. The average molecular weight is 476 g/mol. The fraction of sp³-hybridized carbons (Fsp3) is 0.133. The van der Waals surface area contributed by atoms with Crippen LogP contribution >= 0.6 is 0 Å². The summed E-state index contributed by atoms with van der Waals surface area (Å²) in [7, 11) is 0. The van der Waals surface area contributed by atoms with Crippen LogP contribution in [0.15, 0.2) is 104 Å². The van der Waals surface area contributed by atoms with E-state index in [-0.39, 0.29) is 26.2 Å². The molecule has 0 bridgehead atoms. The van der Waals surface area contributed by atoms with Crippen LogP contribution < -0.4 is 10.4 Å². The minimum Gasteiger partial charge on any atom is -0.102 e. The van der Waals surface area contributed by atoms with Gasteiger partial charge in [0.1, 0.15) is 0 Å². The van der Waals surface area contributed by atoms with Crippen molar-refractivity contribution in [3.05, 3.63) is 131 Å². The van der Waals surface area contributed by atoms with Crippen LogP contribution in [0.5, 0.6) is 0 Å². The molecule has 3 aliphatic rings. The first-order valence-electron chi connectivity index (χ1n) is 10.9. The molecule has 0 amide bonds. The third-order valence-electron chi connectivity index (χ3n) is 6.98. The summed E-state index contributed by atoms with van der Waals surface area (Å²) in [5.74, 6) is 0.726. The van der Waals surface area contributed by atoms with Crippen molar-refractivity contribution < 1.29 is 26.2 Å². The zero-order valence-corrected chi connectivity index (χ0v) is 20.0. The van der Waals surface area contributed by atoms with Gasteiger partial charge in [-0.2, -0.15) is 0 Å². The van der Waals surface area contributed by atoms with Crippen LogP contribution in [0.1, 0.15) is 29.0 Å². The summed E-state index contributed by atoms with van der Waals surface area (Å²) in [6.45, 7) is 4.18. The molecule has 0 aromatic heterocycles. The zero-order chi connectivity index (χ0) is 20.1. The molecule has 0 saturated heterocycles. The molecule has 2 unspecified atom stereocenters. The molecule has 3 aliphatic carbocycles. The summed E-state index contributed by atoms with van der Waals surface area (Å²) in [4.78, 5) is 0. The van der Waals surface area contributed by atoms with Crippen LogP contribution in [0.25, 0.3) is 22.3 Å². The zero-order valence-electron chi connectivity index (χ0n) is 17.5. The Bertz CT molecular complexity index is 1370. The maximum absolute atomic E-state index is 4.18. The summed E-state index contributed by atoms with van der Waals surface area (Å²) in [6.07, 6.45) is 13.3. The van der Waals surface area contributed by atoms with E-state index < -0.39 is 0 Å². The average Bonchev–Trinajstić information content (AvgIpc) is 3.31. The fourth-order valence-electron chi connectivity index (χ4n) is 5.69. The number of aryl methyl sites for hydroxylation is 1. The maximum atomic E-state index is 4.18. The van der Waals surface area contributed by atoms with E-state index in [9.17, 15) is 0 Å². The van der Waals surface area contributed by atoms with E-state index in [2.05, 4.69) is 104 Å². The molecule has 0 radical (unpaired) electrons. The van der Waals surface area contributed by atoms with E-state index in [1.165, 1.54) is 43.8 Å². The molecule has 3 aromatic carbocycles. The van der Waals surface area contributed by atoms with Crippen molar-refractivity contribution in [1.82, 2.24) is 0 Å². The van der Waals surface area contributed by atoms with E-state index in [0.717, 1.165) is 12.8 Å². The van der Waals surface area contributed by atoms with Crippen LogP contribution in [-0.4, -0.2) is 0 Å². The van der Waals surface area contributed by atoms with Gasteiger partial charge < -0.3 is 0 Å². The van der Waals surface area contributed by atoms with E-state index in [0.29, 0.717) is 11.8 Å². The predicted octanol–water partition coefficient (Wildman–Crippen LogP) is 5.67. The molecule has 1 heteroatoms. The van der Waals surface area contributed by atoms with Gasteiger partial charge >= 0.3 is 0 Å². The monoisotopic (exact) mass is 474 g/mol. The standard InChI is InChI=1S/C30H24.Zr/c1-2-21-22-11-3-8-16-27(22)29-17-9-10-20(30(21)29)18-19-28-25-14-6-4-12-23(25)24-13-5-7-15-26(24)28;/h2-17,21,25H,1,18-19H2;. The molecule has 0 spiro atoms. The van der Waals surface area contributed by atoms with Gasteiger partial charge in [0.2, 0.25) is 0 Å². The second-order valence-electron chi connectivity index (χ2n) is 8.43. The Labute approximate surface area is 203 Å². The van der Waals surface area contributed by atoms with Gasteiger partial charge in [-0.1, -0.05) is 103 Å². The summed E-state index contributed by atoms with van der Waals surface area (Å²) >= 11 is 0. The minimum absolute atomic E-state index is 0. The fourth-order valence-corrected chi connectivity index (χ4v) is 5.69. The molecular weight excluding hydrogens is 452 g/mol. The first-order valence-corrected chi connectivity index (χ1v) is 10.9. The van der Waals surface area contributed by atoms with Crippen molar-refractivity contribution in [2.45, 2.75) is 18.8 Å². The Morgan fingerprint density at radius 3 is 2.42 bits per heavy atom. The van der Waals surface area contributed by atoms with Gasteiger partial charge in [0, 0.05) is 38.0 Å². The Balaban J connectivity index is 0.00000204. The van der Waals surface area contributed by atoms with E-state index in [1.54, 1.807) is 5.57 Å². The molecule has 6 rings (SSSR count). The van der Waals surface area contributed by atoms with Gasteiger partial charge in [-0.3, -0.25) is 0 Å². The molecule has 0 aliphatic heterocycles. The predicted molar refractivity (Wildman–Crippen MR) is 127 cm³/mol. The number of rotatable bonds is 4. The summed E-state index contributed by atoms with van der Waals surface area (Å²) in [6, 6.07) is 24.5. The second-order valence-corrected chi connectivity index (χ2v) is 8.43. The molecule has 0 nitrogen and oxygen atoms in total. The van der Waals surface area contributed by atoms with Crippen LogP contribution in [0.4, 0.5) is 0 Å². The smallest absolute Gasteiger partial charge is 0.0282 e. The van der Waals surface area contributed by atoms with Gasteiger partial charge in [-0.05, 0) is 56.7 Å². The molecule has 0 saturated carbocycles. The van der Waals surface area contributed by atoms with E-state index in [1.807, 2.05) is 0 Å². The van der Waals surface area contributed by atoms with Crippen LogP contribution in [0, 0.1) is 5.92 Å². The number of fused-ring (bicyclic) bond motifs is 5. The van der Waals surface area contributed by atoms with Crippen molar-refractivity contribution in [3.8, 4) is 11.1 Å². The second kappa shape index (κ2) is 8.21. The van der Waals surface area contributed by atoms with Crippen LogP contribution in [0.3, 0.4) is 0 Å². The summed E-state index contributed by atoms with van der Waals surface area (Å²) < 4.78 is 0. The molecular formula is C30H24Zr. The van der Waals surface area contributed by atoms with E-state index >= 15 is 0 Å². The molecule has 31 heavy (non-hydrogen) atoms. The van der Waals surface area contributed by atoms with Gasteiger partial charge in [0.05, 0.1) is 0 Å². The molecule has 2 atom stereocenters. The molecule has 0 N–H and O–H groups in total. The topological polar surface area (TPSA) is 0 Å². The van der Waals surface area contributed by atoms with Crippen molar-refractivity contribution in [1.29, 1.82) is 0 Å². The number of benzene rings is 3. The maximum Gasteiger partial charge on any atom is 0.0282 e. The minimum atomic E-state index is 0. The number of hydrogen-bond acceptors (Lipinski definition) is 0. The van der Waals surface area contributed by atoms with Crippen molar-refractivity contribution >= 4 is 11.1 Å². The van der Waals surface area contributed by atoms with Gasteiger partial charge in [-0.25, -0.2) is 0 Å². The Kier molecular flexibility index (Phi) is 5.41. The summed E-state index contributed by atoms with van der Waals surface area (Å²) in [5.41, 5.74) is 10.1. The molecule has 148 valence electrons. The van der Waals surface area contributed by atoms with Gasteiger partial charge in [-0.15, -0.1) is 6.58 Å². The molecule has 0 fully saturated rings. The number of hydrogen-bond donors (Lipinski definition) is 0. The number of allylic oxidation sites excluding steroid dienone is 5. The van der Waals surface area contributed by atoms with Crippen molar-refractivity contribution in [3.63, 3.8) is 0 Å². The largest absolute Gasteiger partial charge is 0.102 e. The Hall–Kier alpha value is -2.50.